The molecule has 21 heavy (non-hydrogen) atoms. The molecule has 2 rings (SSSR count). The van der Waals surface area contributed by atoms with Crippen molar-refractivity contribution in [1.29, 1.82) is 0 Å². The van der Waals surface area contributed by atoms with Gasteiger partial charge in [0.15, 0.2) is 0 Å². The Balaban J connectivity index is 2.16. The Bertz CT molecular complexity index is 635. The standard InChI is InChI=1S/C17H19NO3/c1-3-11(2)12-4-7-14(8-5-12)21-16-9-6-13(17(19)20)10-15(16)18/h4-11H,3,18H2,1-2H3,(H,19,20). The minimum atomic E-state index is -1.01. The van der Waals surface area contributed by atoms with Crippen molar-refractivity contribution in [3.05, 3.63) is 53.6 Å². The summed E-state index contributed by atoms with van der Waals surface area (Å²) in [6.45, 7) is 4.33. The van der Waals surface area contributed by atoms with E-state index in [9.17, 15) is 4.79 Å². The fraction of sp³-hybridized carbons (Fsp3) is 0.235. The zero-order valence-electron chi connectivity index (χ0n) is 12.2. The van der Waals surface area contributed by atoms with Crippen molar-refractivity contribution < 1.29 is 14.6 Å². The average molecular weight is 285 g/mol. The Kier molecular flexibility index (Phi) is 4.48. The van der Waals surface area contributed by atoms with Crippen molar-refractivity contribution in [1.82, 2.24) is 0 Å². The number of anilines is 1. The van der Waals surface area contributed by atoms with E-state index in [1.165, 1.54) is 17.7 Å². The number of carbonyl (C=O) groups is 1. The third-order valence-electron chi connectivity index (χ3n) is 3.55. The van der Waals surface area contributed by atoms with Gasteiger partial charge in [-0.1, -0.05) is 26.0 Å². The van der Waals surface area contributed by atoms with Gasteiger partial charge in [-0.25, -0.2) is 4.79 Å². The maximum Gasteiger partial charge on any atom is 0.335 e. The van der Waals surface area contributed by atoms with Crippen molar-refractivity contribution in [2.24, 2.45) is 0 Å². The van der Waals surface area contributed by atoms with Crippen LogP contribution in [0.25, 0.3) is 0 Å². The van der Waals surface area contributed by atoms with E-state index in [0.29, 0.717) is 23.1 Å². The number of carboxylic acids is 1. The lowest BCUT2D eigenvalue weighted by Gasteiger charge is -2.12. The first-order chi connectivity index (χ1) is 10.0. The van der Waals surface area contributed by atoms with Crippen LogP contribution in [-0.2, 0) is 0 Å². The Morgan fingerprint density at radius 1 is 1.24 bits per heavy atom. The van der Waals surface area contributed by atoms with Gasteiger partial charge in [0.2, 0.25) is 0 Å². The van der Waals surface area contributed by atoms with E-state index in [2.05, 4.69) is 13.8 Å². The highest BCUT2D eigenvalue weighted by atomic mass is 16.5. The number of nitrogen functional groups attached to an aromatic ring is 1. The fourth-order valence-corrected chi connectivity index (χ4v) is 2.00. The van der Waals surface area contributed by atoms with Crippen LogP contribution in [-0.4, -0.2) is 11.1 Å². The zero-order chi connectivity index (χ0) is 15.4. The number of ether oxygens (including phenoxy) is 1. The Labute approximate surface area is 124 Å². The van der Waals surface area contributed by atoms with Gasteiger partial charge >= 0.3 is 5.97 Å². The predicted octanol–water partition coefficient (Wildman–Crippen LogP) is 4.27. The maximum absolute atomic E-state index is 10.9. The van der Waals surface area contributed by atoms with Crippen LogP contribution in [0, 0.1) is 0 Å². The summed E-state index contributed by atoms with van der Waals surface area (Å²) in [5.74, 6) is 0.637. The number of rotatable bonds is 5. The highest BCUT2D eigenvalue weighted by Crippen LogP contribution is 2.29. The van der Waals surface area contributed by atoms with Gasteiger partial charge in [0.05, 0.1) is 11.3 Å². The fourth-order valence-electron chi connectivity index (χ4n) is 2.00. The van der Waals surface area contributed by atoms with Gasteiger partial charge in [-0.05, 0) is 48.2 Å². The number of nitrogens with two attached hydrogens (primary N) is 1. The van der Waals surface area contributed by atoms with Crippen LogP contribution >= 0.6 is 0 Å². The van der Waals surface area contributed by atoms with Gasteiger partial charge in [0, 0.05) is 0 Å². The van der Waals surface area contributed by atoms with E-state index >= 15 is 0 Å². The summed E-state index contributed by atoms with van der Waals surface area (Å²) in [4.78, 5) is 10.9. The molecular weight excluding hydrogens is 266 g/mol. The molecule has 0 fully saturated rings. The second-order valence-corrected chi connectivity index (χ2v) is 5.04. The summed E-state index contributed by atoms with van der Waals surface area (Å²) in [6.07, 6.45) is 1.09. The minimum absolute atomic E-state index is 0.145. The zero-order valence-corrected chi connectivity index (χ0v) is 12.2. The van der Waals surface area contributed by atoms with Gasteiger partial charge in [-0.3, -0.25) is 0 Å². The van der Waals surface area contributed by atoms with Crippen LogP contribution in [0.5, 0.6) is 11.5 Å². The molecule has 2 aromatic rings. The molecule has 1 atom stereocenters. The van der Waals surface area contributed by atoms with Crippen molar-refractivity contribution >= 4 is 11.7 Å². The Morgan fingerprint density at radius 3 is 2.43 bits per heavy atom. The van der Waals surface area contributed by atoms with Crippen LogP contribution in [0.2, 0.25) is 0 Å². The Hall–Kier alpha value is -2.49. The molecule has 3 N–H and O–H groups in total. The molecule has 0 aromatic heterocycles. The quantitative estimate of drug-likeness (QED) is 0.804. The smallest absolute Gasteiger partial charge is 0.335 e. The minimum Gasteiger partial charge on any atom is -0.478 e. The third-order valence-corrected chi connectivity index (χ3v) is 3.55. The third kappa shape index (κ3) is 3.54. The van der Waals surface area contributed by atoms with Crippen molar-refractivity contribution in [2.45, 2.75) is 26.2 Å². The first kappa shape index (κ1) is 14.9. The number of carboxylic acid groups (broad SMARTS) is 1. The van der Waals surface area contributed by atoms with Crippen LogP contribution in [0.15, 0.2) is 42.5 Å². The molecule has 4 nitrogen and oxygen atoms in total. The first-order valence-electron chi connectivity index (χ1n) is 6.92. The lowest BCUT2D eigenvalue weighted by Crippen LogP contribution is -1.99. The van der Waals surface area contributed by atoms with Gasteiger partial charge in [-0.15, -0.1) is 0 Å². The highest BCUT2D eigenvalue weighted by Gasteiger charge is 2.08. The molecule has 1 unspecified atom stereocenters. The number of hydrogen-bond acceptors (Lipinski definition) is 3. The van der Waals surface area contributed by atoms with E-state index in [1.54, 1.807) is 6.07 Å². The van der Waals surface area contributed by atoms with Crippen molar-refractivity contribution in [2.75, 3.05) is 5.73 Å². The van der Waals surface area contributed by atoms with Gasteiger partial charge in [-0.2, -0.15) is 0 Å². The molecule has 0 heterocycles. The second kappa shape index (κ2) is 6.31. The average Bonchev–Trinajstić information content (AvgIpc) is 2.49. The lowest BCUT2D eigenvalue weighted by molar-refractivity contribution is 0.0697. The van der Waals surface area contributed by atoms with Gasteiger partial charge < -0.3 is 15.6 Å². The van der Waals surface area contributed by atoms with E-state index in [4.69, 9.17) is 15.6 Å². The summed E-state index contributed by atoms with van der Waals surface area (Å²) in [6, 6.07) is 12.3. The monoisotopic (exact) mass is 285 g/mol. The lowest BCUT2D eigenvalue weighted by atomic mass is 9.99. The topological polar surface area (TPSA) is 72.5 Å². The second-order valence-electron chi connectivity index (χ2n) is 5.04. The highest BCUT2D eigenvalue weighted by molar-refractivity contribution is 5.89. The molecule has 0 aliphatic heterocycles. The summed E-state index contributed by atoms with van der Waals surface area (Å²) in [7, 11) is 0. The normalized spacial score (nSPS) is 11.9. The molecule has 0 saturated carbocycles. The summed E-state index contributed by atoms with van der Waals surface area (Å²) < 4.78 is 5.69. The largest absolute Gasteiger partial charge is 0.478 e. The van der Waals surface area contributed by atoms with Crippen molar-refractivity contribution in [3.63, 3.8) is 0 Å². The molecule has 0 aliphatic rings. The van der Waals surface area contributed by atoms with E-state index < -0.39 is 5.97 Å². The summed E-state index contributed by atoms with van der Waals surface area (Å²) in [5, 5.41) is 8.90. The molecule has 0 spiro atoms. The first-order valence-corrected chi connectivity index (χ1v) is 6.92. The Morgan fingerprint density at radius 2 is 1.90 bits per heavy atom. The maximum atomic E-state index is 10.9. The van der Waals surface area contributed by atoms with Crippen LogP contribution in [0.3, 0.4) is 0 Å². The van der Waals surface area contributed by atoms with Gasteiger partial charge in [0.25, 0.3) is 0 Å². The molecule has 0 bridgehead atoms. The number of benzene rings is 2. The number of hydrogen-bond donors (Lipinski definition) is 2. The SMILES string of the molecule is CCC(C)c1ccc(Oc2ccc(C(=O)O)cc2N)cc1. The van der Waals surface area contributed by atoms with Crippen LogP contribution in [0.4, 0.5) is 5.69 Å². The molecule has 0 saturated heterocycles. The van der Waals surface area contributed by atoms with E-state index in [-0.39, 0.29) is 5.56 Å². The van der Waals surface area contributed by atoms with Crippen LogP contribution in [0.1, 0.15) is 42.1 Å². The number of aromatic carboxylic acids is 1. The van der Waals surface area contributed by atoms with E-state index in [1.807, 2.05) is 24.3 Å². The molecule has 0 aliphatic carbocycles. The molecule has 0 radical (unpaired) electrons. The van der Waals surface area contributed by atoms with E-state index in [0.717, 1.165) is 6.42 Å². The molecule has 0 amide bonds. The predicted molar refractivity (Wildman–Crippen MR) is 83.0 cm³/mol. The summed E-state index contributed by atoms with van der Waals surface area (Å²) in [5.41, 5.74) is 7.53. The molecular formula is C17H19NO3. The van der Waals surface area contributed by atoms with Crippen LogP contribution < -0.4 is 10.5 Å². The van der Waals surface area contributed by atoms with Gasteiger partial charge in [0.1, 0.15) is 11.5 Å². The molecule has 2 aromatic carbocycles. The van der Waals surface area contributed by atoms with Crippen molar-refractivity contribution in [3.8, 4) is 11.5 Å². The molecule has 4 heteroatoms. The molecule has 110 valence electrons. The summed E-state index contributed by atoms with van der Waals surface area (Å²) >= 11 is 0.